The van der Waals surface area contributed by atoms with E-state index in [1.54, 1.807) is 12.3 Å². The monoisotopic (exact) mass is 244 g/mol. The lowest BCUT2D eigenvalue weighted by Gasteiger charge is -2.13. The standard InChI is InChI=1S/C11H17ClN2O2/c1-2-8(3-4-15)6-14-11(16)10-5-9(12)7-13-10/h5,7-8,13,15H,2-4,6H2,1H3,(H,14,16). The van der Waals surface area contributed by atoms with Gasteiger partial charge in [0, 0.05) is 19.3 Å². The maximum Gasteiger partial charge on any atom is 0.267 e. The number of hydrogen-bond acceptors (Lipinski definition) is 2. The molecule has 1 heterocycles. The van der Waals surface area contributed by atoms with Crippen molar-refractivity contribution in [3.63, 3.8) is 0 Å². The number of carbonyl (C=O) groups is 1. The molecule has 90 valence electrons. The Morgan fingerprint density at radius 3 is 2.94 bits per heavy atom. The van der Waals surface area contributed by atoms with Crippen molar-refractivity contribution in [2.45, 2.75) is 19.8 Å². The van der Waals surface area contributed by atoms with Crippen LogP contribution in [0.3, 0.4) is 0 Å². The van der Waals surface area contributed by atoms with Crippen LogP contribution in [0, 0.1) is 5.92 Å². The molecular formula is C11H17ClN2O2. The highest BCUT2D eigenvalue weighted by molar-refractivity contribution is 6.30. The molecule has 5 heteroatoms. The molecule has 0 bridgehead atoms. The van der Waals surface area contributed by atoms with Gasteiger partial charge in [-0.3, -0.25) is 4.79 Å². The number of aromatic amines is 1. The minimum Gasteiger partial charge on any atom is -0.396 e. The topological polar surface area (TPSA) is 65.1 Å². The van der Waals surface area contributed by atoms with Crippen LogP contribution < -0.4 is 5.32 Å². The van der Waals surface area contributed by atoms with Crippen LogP contribution in [0.2, 0.25) is 5.02 Å². The predicted octanol–water partition coefficient (Wildman–Crippen LogP) is 1.81. The van der Waals surface area contributed by atoms with Gasteiger partial charge in [0.2, 0.25) is 0 Å². The Labute approximate surface area is 100 Å². The molecule has 16 heavy (non-hydrogen) atoms. The zero-order valence-electron chi connectivity index (χ0n) is 9.29. The first kappa shape index (κ1) is 13.1. The Bertz CT molecular complexity index is 338. The van der Waals surface area contributed by atoms with E-state index in [9.17, 15) is 4.79 Å². The summed E-state index contributed by atoms with van der Waals surface area (Å²) >= 11 is 5.70. The van der Waals surface area contributed by atoms with Crippen LogP contribution in [0.25, 0.3) is 0 Å². The number of rotatable bonds is 6. The Balaban J connectivity index is 2.40. The summed E-state index contributed by atoms with van der Waals surface area (Å²) in [5.41, 5.74) is 0.462. The summed E-state index contributed by atoms with van der Waals surface area (Å²) in [6.45, 7) is 2.77. The van der Waals surface area contributed by atoms with Crippen molar-refractivity contribution in [3.8, 4) is 0 Å². The van der Waals surface area contributed by atoms with Crippen LogP contribution in [0.4, 0.5) is 0 Å². The van der Waals surface area contributed by atoms with E-state index in [4.69, 9.17) is 16.7 Å². The van der Waals surface area contributed by atoms with Gasteiger partial charge < -0.3 is 15.4 Å². The number of nitrogens with one attached hydrogen (secondary N) is 2. The molecular weight excluding hydrogens is 228 g/mol. The van der Waals surface area contributed by atoms with Crippen LogP contribution in [0.1, 0.15) is 30.3 Å². The molecule has 0 fully saturated rings. The summed E-state index contributed by atoms with van der Waals surface area (Å²) in [6, 6.07) is 1.59. The molecule has 3 N–H and O–H groups in total. The van der Waals surface area contributed by atoms with Gasteiger partial charge in [-0.2, -0.15) is 0 Å². The Morgan fingerprint density at radius 2 is 2.44 bits per heavy atom. The van der Waals surface area contributed by atoms with Gasteiger partial charge >= 0.3 is 0 Å². The minimum absolute atomic E-state index is 0.155. The number of halogens is 1. The molecule has 1 atom stereocenters. The quantitative estimate of drug-likeness (QED) is 0.715. The maximum atomic E-state index is 11.6. The maximum absolute atomic E-state index is 11.6. The van der Waals surface area contributed by atoms with Gasteiger partial charge in [-0.25, -0.2) is 0 Å². The molecule has 0 aromatic carbocycles. The third kappa shape index (κ3) is 3.87. The SMILES string of the molecule is CCC(CCO)CNC(=O)c1cc(Cl)c[nH]1. The normalized spacial score (nSPS) is 12.4. The number of aromatic nitrogens is 1. The molecule has 1 aromatic heterocycles. The lowest BCUT2D eigenvalue weighted by molar-refractivity contribution is 0.0939. The van der Waals surface area contributed by atoms with Gasteiger partial charge in [0.15, 0.2) is 0 Å². The number of H-pyrrole nitrogens is 1. The fraction of sp³-hybridized carbons (Fsp3) is 0.545. The van der Waals surface area contributed by atoms with E-state index in [1.165, 1.54) is 0 Å². The van der Waals surface area contributed by atoms with Crippen molar-refractivity contribution in [2.75, 3.05) is 13.2 Å². The summed E-state index contributed by atoms with van der Waals surface area (Å²) in [4.78, 5) is 14.4. The number of aliphatic hydroxyl groups is 1. The number of carbonyl (C=O) groups excluding carboxylic acids is 1. The van der Waals surface area contributed by atoms with Gasteiger partial charge in [-0.05, 0) is 18.4 Å². The molecule has 1 aromatic rings. The smallest absolute Gasteiger partial charge is 0.267 e. The molecule has 0 radical (unpaired) electrons. The van der Waals surface area contributed by atoms with E-state index in [0.29, 0.717) is 29.6 Å². The van der Waals surface area contributed by atoms with Crippen molar-refractivity contribution < 1.29 is 9.90 Å². The van der Waals surface area contributed by atoms with Crippen molar-refractivity contribution in [1.82, 2.24) is 10.3 Å². The van der Waals surface area contributed by atoms with E-state index >= 15 is 0 Å². The van der Waals surface area contributed by atoms with Crippen LogP contribution >= 0.6 is 11.6 Å². The average Bonchev–Trinajstić information content (AvgIpc) is 2.70. The van der Waals surface area contributed by atoms with Crippen LogP contribution in [0.5, 0.6) is 0 Å². The predicted molar refractivity (Wildman–Crippen MR) is 63.6 cm³/mol. The minimum atomic E-state index is -0.164. The van der Waals surface area contributed by atoms with Gasteiger partial charge in [0.1, 0.15) is 5.69 Å². The van der Waals surface area contributed by atoms with Crippen molar-refractivity contribution in [1.29, 1.82) is 0 Å². The first-order valence-electron chi connectivity index (χ1n) is 5.40. The molecule has 0 aliphatic heterocycles. The molecule has 1 amide bonds. The third-order valence-corrected chi connectivity index (χ3v) is 2.78. The highest BCUT2D eigenvalue weighted by Gasteiger charge is 2.10. The van der Waals surface area contributed by atoms with E-state index in [-0.39, 0.29) is 12.5 Å². The molecule has 1 unspecified atom stereocenters. The highest BCUT2D eigenvalue weighted by atomic mass is 35.5. The molecule has 4 nitrogen and oxygen atoms in total. The summed E-state index contributed by atoms with van der Waals surface area (Å²) in [5.74, 6) is 0.155. The fourth-order valence-corrected chi connectivity index (χ4v) is 1.63. The number of amides is 1. The molecule has 0 aliphatic carbocycles. The average molecular weight is 245 g/mol. The lowest BCUT2D eigenvalue weighted by atomic mass is 10.0. The summed E-state index contributed by atoms with van der Waals surface area (Å²) in [7, 11) is 0. The van der Waals surface area contributed by atoms with E-state index in [0.717, 1.165) is 6.42 Å². The molecule has 0 saturated carbocycles. The largest absolute Gasteiger partial charge is 0.396 e. The van der Waals surface area contributed by atoms with Crippen LogP contribution in [-0.2, 0) is 0 Å². The Hall–Kier alpha value is -1.00. The van der Waals surface area contributed by atoms with E-state index < -0.39 is 0 Å². The van der Waals surface area contributed by atoms with Crippen LogP contribution in [0.15, 0.2) is 12.3 Å². The number of hydrogen-bond donors (Lipinski definition) is 3. The highest BCUT2D eigenvalue weighted by Crippen LogP contribution is 2.10. The zero-order valence-corrected chi connectivity index (χ0v) is 10.0. The zero-order chi connectivity index (χ0) is 12.0. The molecule has 0 aliphatic rings. The fourth-order valence-electron chi connectivity index (χ4n) is 1.46. The first-order chi connectivity index (χ1) is 7.67. The second-order valence-electron chi connectivity index (χ2n) is 3.73. The summed E-state index contributed by atoms with van der Waals surface area (Å²) < 4.78 is 0. The number of aliphatic hydroxyl groups excluding tert-OH is 1. The summed E-state index contributed by atoms with van der Waals surface area (Å²) in [5, 5.41) is 12.1. The molecule has 1 rings (SSSR count). The second kappa shape index (κ2) is 6.55. The first-order valence-corrected chi connectivity index (χ1v) is 5.78. The third-order valence-electron chi connectivity index (χ3n) is 2.56. The Morgan fingerprint density at radius 1 is 1.69 bits per heavy atom. The molecule has 0 spiro atoms. The van der Waals surface area contributed by atoms with Gasteiger partial charge in [0.05, 0.1) is 5.02 Å². The van der Waals surface area contributed by atoms with E-state index in [1.807, 2.05) is 6.92 Å². The van der Waals surface area contributed by atoms with Gasteiger partial charge in [-0.1, -0.05) is 24.9 Å². The van der Waals surface area contributed by atoms with Crippen molar-refractivity contribution in [3.05, 3.63) is 23.0 Å². The Kier molecular flexibility index (Phi) is 5.35. The second-order valence-corrected chi connectivity index (χ2v) is 4.16. The van der Waals surface area contributed by atoms with E-state index in [2.05, 4.69) is 10.3 Å². The van der Waals surface area contributed by atoms with Gasteiger partial charge in [0.25, 0.3) is 5.91 Å². The van der Waals surface area contributed by atoms with Crippen molar-refractivity contribution >= 4 is 17.5 Å². The molecule has 0 saturated heterocycles. The van der Waals surface area contributed by atoms with Gasteiger partial charge in [-0.15, -0.1) is 0 Å². The summed E-state index contributed by atoms with van der Waals surface area (Å²) in [6.07, 6.45) is 3.22. The lowest BCUT2D eigenvalue weighted by Crippen LogP contribution is -2.29. The van der Waals surface area contributed by atoms with Crippen LogP contribution in [-0.4, -0.2) is 29.1 Å². The van der Waals surface area contributed by atoms with Crippen molar-refractivity contribution in [2.24, 2.45) is 5.92 Å².